The predicted molar refractivity (Wildman–Crippen MR) is 138 cm³/mol. The Balaban J connectivity index is 0.00000341. The first-order valence-corrected chi connectivity index (χ1v) is 11.7. The summed E-state index contributed by atoms with van der Waals surface area (Å²) in [5.41, 5.74) is 2.57. The fourth-order valence-corrected chi connectivity index (χ4v) is 4.24. The van der Waals surface area contributed by atoms with Crippen molar-refractivity contribution in [2.24, 2.45) is 10.9 Å². The Kier molecular flexibility index (Phi) is 12.1. The first-order chi connectivity index (χ1) is 14.6. The number of halogens is 1. The molecule has 0 radical (unpaired) electrons. The van der Waals surface area contributed by atoms with Crippen molar-refractivity contribution in [1.29, 1.82) is 0 Å². The van der Waals surface area contributed by atoms with E-state index in [9.17, 15) is 5.11 Å². The maximum absolute atomic E-state index is 9.66. The van der Waals surface area contributed by atoms with Crippen molar-refractivity contribution in [3.05, 3.63) is 35.4 Å². The van der Waals surface area contributed by atoms with Gasteiger partial charge in [-0.15, -0.1) is 24.0 Å². The minimum absolute atomic E-state index is 0. The molecule has 2 saturated heterocycles. The number of ether oxygens (including phenoxy) is 1. The number of benzene rings is 1. The summed E-state index contributed by atoms with van der Waals surface area (Å²) in [4.78, 5) is 9.56. The molecule has 7 heteroatoms. The summed E-state index contributed by atoms with van der Waals surface area (Å²) in [5.74, 6) is 1.76. The highest BCUT2D eigenvalue weighted by molar-refractivity contribution is 14.0. The van der Waals surface area contributed by atoms with Gasteiger partial charge in [0, 0.05) is 53.0 Å². The summed E-state index contributed by atoms with van der Waals surface area (Å²) >= 11 is 0. The van der Waals surface area contributed by atoms with E-state index < -0.39 is 0 Å². The number of aliphatic hydroxyl groups excluding tert-OH is 1. The highest BCUT2D eigenvalue weighted by Crippen LogP contribution is 2.18. The average Bonchev–Trinajstić information content (AvgIpc) is 2.78. The summed E-state index contributed by atoms with van der Waals surface area (Å²) in [5, 5.41) is 13.1. The fourth-order valence-electron chi connectivity index (χ4n) is 4.24. The Hall–Kier alpha value is -0.900. The molecule has 0 amide bonds. The van der Waals surface area contributed by atoms with Crippen LogP contribution in [0.3, 0.4) is 0 Å². The monoisotopic (exact) mass is 544 g/mol. The molecule has 0 unspecified atom stereocenters. The van der Waals surface area contributed by atoms with Gasteiger partial charge in [-0.3, -0.25) is 4.90 Å². The highest BCUT2D eigenvalue weighted by Gasteiger charge is 2.17. The zero-order valence-electron chi connectivity index (χ0n) is 19.3. The van der Waals surface area contributed by atoms with Crippen LogP contribution in [-0.4, -0.2) is 73.4 Å². The summed E-state index contributed by atoms with van der Waals surface area (Å²) in [6.45, 7) is 9.49. The van der Waals surface area contributed by atoms with E-state index in [2.05, 4.69) is 53.4 Å². The van der Waals surface area contributed by atoms with Crippen LogP contribution in [0, 0.1) is 5.92 Å². The average molecular weight is 545 g/mol. The van der Waals surface area contributed by atoms with E-state index in [1.807, 2.05) is 0 Å². The fraction of sp³-hybridized carbons (Fsp3) is 0.708. The van der Waals surface area contributed by atoms with Crippen LogP contribution in [0.1, 0.15) is 50.2 Å². The Morgan fingerprint density at radius 1 is 1.13 bits per heavy atom. The maximum atomic E-state index is 9.66. The molecule has 176 valence electrons. The van der Waals surface area contributed by atoms with Gasteiger partial charge in [-0.2, -0.15) is 0 Å². The van der Waals surface area contributed by atoms with E-state index in [0.29, 0.717) is 6.54 Å². The van der Waals surface area contributed by atoms with E-state index in [4.69, 9.17) is 9.73 Å². The minimum Gasteiger partial charge on any atom is -0.393 e. The molecular weight excluding hydrogens is 503 g/mol. The van der Waals surface area contributed by atoms with Crippen molar-refractivity contribution in [2.45, 2.75) is 58.2 Å². The molecule has 0 saturated carbocycles. The van der Waals surface area contributed by atoms with Crippen LogP contribution in [-0.2, 0) is 17.8 Å². The number of hydrogen-bond donors (Lipinski definition) is 2. The topological polar surface area (TPSA) is 60.3 Å². The van der Waals surface area contributed by atoms with Crippen molar-refractivity contribution in [2.75, 3.05) is 46.4 Å². The number of piperidine rings is 1. The van der Waals surface area contributed by atoms with Gasteiger partial charge in [0.25, 0.3) is 0 Å². The second kappa shape index (κ2) is 14.3. The Labute approximate surface area is 205 Å². The van der Waals surface area contributed by atoms with E-state index in [1.165, 1.54) is 30.4 Å². The van der Waals surface area contributed by atoms with Crippen LogP contribution < -0.4 is 5.32 Å². The lowest BCUT2D eigenvalue weighted by Crippen LogP contribution is -2.40. The van der Waals surface area contributed by atoms with E-state index in [-0.39, 0.29) is 30.1 Å². The van der Waals surface area contributed by atoms with Gasteiger partial charge in [0.15, 0.2) is 5.96 Å². The largest absolute Gasteiger partial charge is 0.393 e. The van der Waals surface area contributed by atoms with Gasteiger partial charge in [0.1, 0.15) is 0 Å². The standard InChI is InChI=1S/C24H40N4O2.HI/c1-3-25-24(27(2)13-8-20-11-16-30-17-12-20)26-18-21-4-6-22(7-5-21)19-28-14-9-23(29)10-15-28;/h4-7,20,23,29H,3,8-19H2,1-2H3,(H,25,26);1H. The number of nitrogens with zero attached hydrogens (tertiary/aromatic N) is 3. The Morgan fingerprint density at radius 3 is 2.42 bits per heavy atom. The molecule has 0 aromatic heterocycles. The third kappa shape index (κ3) is 9.24. The molecule has 6 nitrogen and oxygen atoms in total. The molecule has 2 aliphatic heterocycles. The number of aliphatic hydroxyl groups is 1. The number of hydrogen-bond acceptors (Lipinski definition) is 4. The molecule has 1 aromatic carbocycles. The van der Waals surface area contributed by atoms with Gasteiger partial charge in [0.05, 0.1) is 12.6 Å². The first kappa shape index (κ1) is 26.4. The van der Waals surface area contributed by atoms with Crippen molar-refractivity contribution in [1.82, 2.24) is 15.1 Å². The molecule has 2 fully saturated rings. The summed E-state index contributed by atoms with van der Waals surface area (Å²) in [6.07, 6.45) is 5.25. The van der Waals surface area contributed by atoms with Crippen molar-refractivity contribution in [3.8, 4) is 0 Å². The molecule has 1 aromatic rings. The molecule has 2 aliphatic rings. The number of aliphatic imine (C=N–C) groups is 1. The van der Waals surface area contributed by atoms with Crippen molar-refractivity contribution >= 4 is 29.9 Å². The van der Waals surface area contributed by atoms with E-state index >= 15 is 0 Å². The van der Waals surface area contributed by atoms with Crippen LogP contribution in [0.15, 0.2) is 29.3 Å². The first-order valence-electron chi connectivity index (χ1n) is 11.7. The second-order valence-corrected chi connectivity index (χ2v) is 8.76. The molecule has 0 spiro atoms. The molecule has 3 rings (SSSR count). The van der Waals surface area contributed by atoms with E-state index in [1.54, 1.807) is 0 Å². The molecule has 2 N–H and O–H groups in total. The van der Waals surface area contributed by atoms with Crippen LogP contribution in [0.4, 0.5) is 0 Å². The lowest BCUT2D eigenvalue weighted by atomic mass is 9.96. The normalized spacial score (nSPS) is 19.1. The van der Waals surface area contributed by atoms with Crippen LogP contribution in [0.25, 0.3) is 0 Å². The third-order valence-electron chi connectivity index (χ3n) is 6.31. The number of rotatable bonds is 8. The van der Waals surface area contributed by atoms with Crippen molar-refractivity contribution < 1.29 is 9.84 Å². The van der Waals surface area contributed by atoms with Gasteiger partial charge in [-0.05, 0) is 56.1 Å². The van der Waals surface area contributed by atoms with Gasteiger partial charge in [-0.25, -0.2) is 4.99 Å². The second-order valence-electron chi connectivity index (χ2n) is 8.76. The molecule has 0 bridgehead atoms. The summed E-state index contributed by atoms with van der Waals surface area (Å²) in [6, 6.07) is 8.84. The van der Waals surface area contributed by atoms with Gasteiger partial charge < -0.3 is 20.1 Å². The maximum Gasteiger partial charge on any atom is 0.193 e. The number of nitrogens with one attached hydrogen (secondary N) is 1. The zero-order valence-corrected chi connectivity index (χ0v) is 21.6. The van der Waals surface area contributed by atoms with Crippen molar-refractivity contribution in [3.63, 3.8) is 0 Å². The van der Waals surface area contributed by atoms with Gasteiger partial charge >= 0.3 is 0 Å². The zero-order chi connectivity index (χ0) is 21.2. The summed E-state index contributed by atoms with van der Waals surface area (Å²) in [7, 11) is 2.14. The predicted octanol–water partition coefficient (Wildman–Crippen LogP) is 3.48. The molecule has 0 aliphatic carbocycles. The Morgan fingerprint density at radius 2 is 1.77 bits per heavy atom. The molecule has 31 heavy (non-hydrogen) atoms. The lowest BCUT2D eigenvalue weighted by molar-refractivity contribution is 0.0625. The van der Waals surface area contributed by atoms with Crippen LogP contribution >= 0.6 is 24.0 Å². The number of guanidine groups is 1. The van der Waals surface area contributed by atoms with Crippen LogP contribution in [0.5, 0.6) is 0 Å². The third-order valence-corrected chi connectivity index (χ3v) is 6.31. The Bertz CT molecular complexity index is 641. The summed E-state index contributed by atoms with van der Waals surface area (Å²) < 4.78 is 5.47. The lowest BCUT2D eigenvalue weighted by Gasteiger charge is -2.29. The quantitative estimate of drug-likeness (QED) is 0.298. The number of likely N-dealkylation sites (tertiary alicyclic amines) is 1. The van der Waals surface area contributed by atoms with Gasteiger partial charge in [-0.1, -0.05) is 24.3 Å². The SMILES string of the molecule is CCNC(=NCc1ccc(CN2CCC(O)CC2)cc1)N(C)CCC1CCOCC1.I. The molecule has 0 atom stereocenters. The molecular formula is C24H41IN4O2. The molecule has 2 heterocycles. The van der Waals surface area contributed by atoms with Crippen LogP contribution in [0.2, 0.25) is 0 Å². The smallest absolute Gasteiger partial charge is 0.193 e. The van der Waals surface area contributed by atoms with Gasteiger partial charge in [0.2, 0.25) is 0 Å². The highest BCUT2D eigenvalue weighted by atomic mass is 127. The van der Waals surface area contributed by atoms with E-state index in [0.717, 1.165) is 70.7 Å². The minimum atomic E-state index is -0.109.